The van der Waals surface area contributed by atoms with Crippen molar-refractivity contribution in [2.45, 2.75) is 57.5 Å². The molecule has 0 aliphatic carbocycles. The molecule has 2 aromatic rings. The highest BCUT2D eigenvalue weighted by Gasteiger charge is 2.41. The maximum Gasteiger partial charge on any atom is 0.170 e. The van der Waals surface area contributed by atoms with Crippen LogP contribution in [0.3, 0.4) is 0 Å². The van der Waals surface area contributed by atoms with Crippen LogP contribution in [0.5, 0.6) is 11.5 Å². The minimum Gasteiger partial charge on any atom is -0.507 e. The van der Waals surface area contributed by atoms with Gasteiger partial charge in [0.25, 0.3) is 0 Å². The van der Waals surface area contributed by atoms with Crippen LogP contribution in [0.1, 0.15) is 72.6 Å². The topological polar surface area (TPSA) is 111 Å². The van der Waals surface area contributed by atoms with Gasteiger partial charge < -0.3 is 24.6 Å². The molecule has 40 heavy (non-hydrogen) atoms. The number of carbonyl (C=O) groups excluding carboxylic acids is 3. The van der Waals surface area contributed by atoms with E-state index in [1.54, 1.807) is 12.1 Å². The number of ether oxygens (including phenoxy) is 3. The van der Waals surface area contributed by atoms with Crippen LogP contribution in [0.25, 0.3) is 0 Å². The van der Waals surface area contributed by atoms with E-state index in [0.29, 0.717) is 68.3 Å². The molecule has 6 rings (SSSR count). The summed E-state index contributed by atoms with van der Waals surface area (Å²) in [5.74, 6) is 1.12. The smallest absolute Gasteiger partial charge is 0.170 e. The van der Waals surface area contributed by atoms with E-state index in [0.717, 1.165) is 21.8 Å². The average molecular weight is 683 g/mol. The fourth-order valence-corrected chi connectivity index (χ4v) is 5.23. The summed E-state index contributed by atoms with van der Waals surface area (Å²) in [6.07, 6.45) is 6.10. The second-order valence-corrected chi connectivity index (χ2v) is 11.8. The molecule has 0 amide bonds. The van der Waals surface area contributed by atoms with Crippen molar-refractivity contribution < 1.29 is 33.7 Å². The Bertz CT molecular complexity index is 1150. The van der Waals surface area contributed by atoms with Crippen molar-refractivity contribution in [2.24, 2.45) is 0 Å². The molecule has 1 spiro atoms. The number of Topliss-reactive ketones (excluding diaryl/α,β-unsaturated/α-hetero) is 3. The number of phenolic OH excluding ortho intramolecular Hbond substituents is 1. The first-order valence-electron chi connectivity index (χ1n) is 13.6. The Balaban J connectivity index is 0.000000164. The highest BCUT2D eigenvalue weighted by atomic mass is 79.9. The number of aromatic hydroxyl groups is 1. The van der Waals surface area contributed by atoms with Crippen LogP contribution in [-0.2, 0) is 14.3 Å². The number of hydrogen-bond acceptors (Lipinski definition) is 8. The van der Waals surface area contributed by atoms with E-state index in [1.165, 1.54) is 38.9 Å². The van der Waals surface area contributed by atoms with E-state index in [2.05, 4.69) is 37.2 Å². The Kier molecular flexibility index (Phi) is 13.3. The standard InChI is InChI=1S/C13H13BrO3.C8H7BrO2.C5H8O2.C4H9N/c14-9-1-2-12-10(7-9)11(15)8-13(17-12)3-5-16-6-4-13;1-5(10)7-4-6(9)2-3-8(7)11;6-5-1-3-7-4-2-5;1-2-4-5-3-1/h1-2,7H,3-6,8H2;2-4,11H,1H3;1-4H2;5H,1-4H2. The quantitative estimate of drug-likeness (QED) is 0.350. The van der Waals surface area contributed by atoms with Gasteiger partial charge in [-0.1, -0.05) is 31.9 Å². The van der Waals surface area contributed by atoms with Gasteiger partial charge in [-0.15, -0.1) is 0 Å². The predicted octanol–water partition coefficient (Wildman–Crippen LogP) is 6.06. The number of phenols is 1. The van der Waals surface area contributed by atoms with Gasteiger partial charge in [0.15, 0.2) is 11.6 Å². The fourth-order valence-electron chi connectivity index (χ4n) is 4.50. The Labute approximate surface area is 252 Å². The van der Waals surface area contributed by atoms with Crippen LogP contribution in [0.15, 0.2) is 45.3 Å². The van der Waals surface area contributed by atoms with Crippen LogP contribution in [0.4, 0.5) is 0 Å². The van der Waals surface area contributed by atoms with Crippen LogP contribution < -0.4 is 10.1 Å². The van der Waals surface area contributed by atoms with E-state index in [9.17, 15) is 14.4 Å². The van der Waals surface area contributed by atoms with Crippen molar-refractivity contribution in [1.29, 1.82) is 0 Å². The Hall–Kier alpha value is -2.11. The number of carbonyl (C=O) groups is 3. The molecule has 0 radical (unpaired) electrons. The van der Waals surface area contributed by atoms with Crippen LogP contribution in [-0.4, -0.2) is 67.6 Å². The summed E-state index contributed by atoms with van der Waals surface area (Å²) in [6.45, 7) is 6.55. The number of fused-ring (bicyclic) bond motifs is 1. The van der Waals surface area contributed by atoms with Gasteiger partial charge in [0.1, 0.15) is 22.9 Å². The van der Waals surface area contributed by atoms with Crippen molar-refractivity contribution in [3.05, 3.63) is 56.5 Å². The Morgan fingerprint density at radius 1 is 0.900 bits per heavy atom. The normalized spacial score (nSPS) is 19.0. The summed E-state index contributed by atoms with van der Waals surface area (Å²) < 4.78 is 18.0. The summed E-state index contributed by atoms with van der Waals surface area (Å²) >= 11 is 6.58. The monoisotopic (exact) mass is 681 g/mol. The van der Waals surface area contributed by atoms with Gasteiger partial charge in [-0.3, -0.25) is 14.4 Å². The maximum atomic E-state index is 12.2. The summed E-state index contributed by atoms with van der Waals surface area (Å²) in [4.78, 5) is 33.4. The first kappa shape index (κ1) is 32.4. The number of benzene rings is 2. The molecule has 0 aromatic heterocycles. The van der Waals surface area contributed by atoms with Crippen molar-refractivity contribution in [2.75, 3.05) is 39.5 Å². The van der Waals surface area contributed by atoms with Crippen molar-refractivity contribution in [1.82, 2.24) is 5.32 Å². The van der Waals surface area contributed by atoms with Crippen molar-refractivity contribution >= 4 is 49.2 Å². The minimum absolute atomic E-state index is 0.0284. The highest BCUT2D eigenvalue weighted by Crippen LogP contribution is 2.39. The third-order valence-electron chi connectivity index (χ3n) is 6.80. The van der Waals surface area contributed by atoms with E-state index in [1.807, 2.05) is 18.2 Å². The largest absolute Gasteiger partial charge is 0.507 e. The second kappa shape index (κ2) is 16.4. The van der Waals surface area contributed by atoms with Crippen LogP contribution >= 0.6 is 31.9 Å². The Morgan fingerprint density at radius 3 is 2.02 bits per heavy atom. The molecule has 0 atom stereocenters. The van der Waals surface area contributed by atoms with E-state index in [4.69, 9.17) is 19.3 Å². The number of halogens is 2. The molecular weight excluding hydrogens is 646 g/mol. The number of nitrogens with one attached hydrogen (secondary N) is 1. The molecule has 0 unspecified atom stereocenters. The molecule has 2 N–H and O–H groups in total. The number of rotatable bonds is 1. The fraction of sp³-hybridized carbons (Fsp3) is 0.500. The molecule has 0 bridgehead atoms. The molecule has 2 aromatic carbocycles. The van der Waals surface area contributed by atoms with E-state index in [-0.39, 0.29) is 22.9 Å². The third-order valence-corrected chi connectivity index (χ3v) is 7.79. The molecule has 3 fully saturated rings. The lowest BCUT2D eigenvalue weighted by Gasteiger charge is -2.40. The minimum atomic E-state index is -0.323. The van der Waals surface area contributed by atoms with E-state index < -0.39 is 0 Å². The van der Waals surface area contributed by atoms with Gasteiger partial charge >= 0.3 is 0 Å². The van der Waals surface area contributed by atoms with Crippen molar-refractivity contribution in [3.63, 3.8) is 0 Å². The third kappa shape index (κ3) is 10.4. The summed E-state index contributed by atoms with van der Waals surface area (Å²) in [6, 6.07) is 10.4. The van der Waals surface area contributed by atoms with Crippen LogP contribution in [0.2, 0.25) is 0 Å². The first-order valence-corrected chi connectivity index (χ1v) is 15.2. The van der Waals surface area contributed by atoms with Crippen LogP contribution in [0, 0.1) is 0 Å². The summed E-state index contributed by atoms with van der Waals surface area (Å²) in [7, 11) is 0. The molecule has 4 aliphatic heterocycles. The lowest BCUT2D eigenvalue weighted by atomic mass is 9.84. The Morgan fingerprint density at radius 2 is 1.50 bits per heavy atom. The number of hydrogen-bond donors (Lipinski definition) is 2. The molecule has 4 aliphatic rings. The van der Waals surface area contributed by atoms with Gasteiger partial charge in [-0.05, 0) is 69.3 Å². The first-order chi connectivity index (χ1) is 19.2. The molecule has 4 heterocycles. The van der Waals surface area contributed by atoms with Gasteiger partial charge in [0, 0.05) is 34.6 Å². The van der Waals surface area contributed by atoms with Gasteiger partial charge in [0.2, 0.25) is 0 Å². The second-order valence-electron chi connectivity index (χ2n) is 9.96. The van der Waals surface area contributed by atoms with Gasteiger partial charge in [0.05, 0.1) is 44.0 Å². The lowest BCUT2D eigenvalue weighted by Crippen LogP contribution is -2.46. The highest BCUT2D eigenvalue weighted by molar-refractivity contribution is 9.10. The zero-order valence-electron chi connectivity index (χ0n) is 22.8. The van der Waals surface area contributed by atoms with Gasteiger partial charge in [-0.2, -0.15) is 0 Å². The zero-order chi connectivity index (χ0) is 29.0. The van der Waals surface area contributed by atoms with E-state index >= 15 is 0 Å². The zero-order valence-corrected chi connectivity index (χ0v) is 26.0. The summed E-state index contributed by atoms with van der Waals surface area (Å²) in [5.41, 5.74) is 0.715. The maximum absolute atomic E-state index is 12.2. The SMILES string of the molecule is C1CCNC1.CC(=O)c1cc(Br)ccc1O.O=C1CC2(CCOCC2)Oc2ccc(Br)cc21.O=C1CCOCC1. The molecule has 10 heteroatoms. The molecule has 8 nitrogen and oxygen atoms in total. The molecular formula is C30H37Br2NO7. The predicted molar refractivity (Wildman–Crippen MR) is 159 cm³/mol. The average Bonchev–Trinajstić information content (AvgIpc) is 3.53. The van der Waals surface area contributed by atoms with Crippen molar-refractivity contribution in [3.8, 4) is 11.5 Å². The lowest BCUT2D eigenvalue weighted by molar-refractivity contribution is -0.124. The summed E-state index contributed by atoms with van der Waals surface area (Å²) in [5, 5.41) is 12.4. The number of ketones is 3. The molecule has 3 saturated heterocycles. The molecule has 218 valence electrons. The van der Waals surface area contributed by atoms with Gasteiger partial charge in [-0.25, -0.2) is 0 Å². The molecule has 0 saturated carbocycles.